The van der Waals surface area contributed by atoms with Gasteiger partial charge in [0.1, 0.15) is 6.04 Å². The Kier molecular flexibility index (Phi) is 5.21. The van der Waals surface area contributed by atoms with E-state index in [-0.39, 0.29) is 19.1 Å². The van der Waals surface area contributed by atoms with Gasteiger partial charge in [-0.3, -0.25) is 0 Å². The van der Waals surface area contributed by atoms with E-state index in [9.17, 15) is 9.59 Å². The highest BCUT2D eigenvalue weighted by Crippen LogP contribution is 2.34. The van der Waals surface area contributed by atoms with Gasteiger partial charge < -0.3 is 20.8 Å². The number of aliphatic carboxylic acids is 1. The zero-order valence-electron chi connectivity index (χ0n) is 9.98. The van der Waals surface area contributed by atoms with Crippen molar-refractivity contribution in [3.8, 4) is 0 Å². The minimum Gasteiger partial charge on any atom is -0.480 e. The van der Waals surface area contributed by atoms with Crippen LogP contribution in [0, 0.1) is 5.92 Å². The summed E-state index contributed by atoms with van der Waals surface area (Å²) < 4.78 is 0. The monoisotopic (exact) mass is 244 g/mol. The third-order valence-electron chi connectivity index (χ3n) is 2.92. The van der Waals surface area contributed by atoms with Gasteiger partial charge in [0.25, 0.3) is 0 Å². The fraction of sp³-hybridized carbons (Fsp3) is 0.818. The Morgan fingerprint density at radius 2 is 2.18 bits per heavy atom. The molecule has 0 bridgehead atoms. The number of carbonyl (C=O) groups excluding carboxylic acids is 1. The van der Waals surface area contributed by atoms with Gasteiger partial charge in [0, 0.05) is 19.1 Å². The molecular formula is C11H20N2O4. The van der Waals surface area contributed by atoms with Gasteiger partial charge in [-0.05, 0) is 18.8 Å². The highest BCUT2D eigenvalue weighted by Gasteiger charge is 2.37. The average molecular weight is 244 g/mol. The van der Waals surface area contributed by atoms with Crippen LogP contribution in [0.3, 0.4) is 0 Å². The van der Waals surface area contributed by atoms with Crippen molar-refractivity contribution in [2.45, 2.75) is 44.7 Å². The number of hydrogen-bond acceptors (Lipinski definition) is 3. The normalized spacial score (nSPS) is 23.9. The van der Waals surface area contributed by atoms with Crippen LogP contribution in [0.2, 0.25) is 0 Å². The van der Waals surface area contributed by atoms with Gasteiger partial charge in [-0.25, -0.2) is 9.59 Å². The Morgan fingerprint density at radius 1 is 1.47 bits per heavy atom. The van der Waals surface area contributed by atoms with Crippen LogP contribution in [0.4, 0.5) is 4.79 Å². The van der Waals surface area contributed by atoms with E-state index >= 15 is 0 Å². The summed E-state index contributed by atoms with van der Waals surface area (Å²) in [5.74, 6) is -0.595. The van der Waals surface area contributed by atoms with Crippen LogP contribution in [0.5, 0.6) is 0 Å². The van der Waals surface area contributed by atoms with E-state index in [1.54, 1.807) is 0 Å². The number of hydrogen-bond donors (Lipinski definition) is 4. The summed E-state index contributed by atoms with van der Waals surface area (Å²) in [6, 6.07) is -1.31. The Morgan fingerprint density at radius 3 is 2.71 bits per heavy atom. The van der Waals surface area contributed by atoms with Gasteiger partial charge in [-0.2, -0.15) is 0 Å². The summed E-state index contributed by atoms with van der Waals surface area (Å²) in [5.41, 5.74) is 0. The molecule has 1 fully saturated rings. The number of aliphatic hydroxyl groups is 1. The van der Waals surface area contributed by atoms with Gasteiger partial charge in [-0.15, -0.1) is 0 Å². The van der Waals surface area contributed by atoms with E-state index in [0.29, 0.717) is 5.92 Å². The van der Waals surface area contributed by atoms with Gasteiger partial charge in [0.05, 0.1) is 0 Å². The van der Waals surface area contributed by atoms with Crippen molar-refractivity contribution in [1.82, 2.24) is 10.6 Å². The number of carboxylic acids is 1. The number of amides is 2. The van der Waals surface area contributed by atoms with Crippen molar-refractivity contribution in [1.29, 1.82) is 0 Å². The van der Waals surface area contributed by atoms with E-state index in [0.717, 1.165) is 19.3 Å². The molecule has 17 heavy (non-hydrogen) atoms. The Labute approximate surface area is 100 Å². The van der Waals surface area contributed by atoms with Gasteiger partial charge in [-0.1, -0.05) is 13.3 Å². The molecule has 0 radical (unpaired) electrons. The quantitative estimate of drug-likeness (QED) is 0.518. The predicted molar refractivity (Wildman–Crippen MR) is 61.6 cm³/mol. The number of urea groups is 1. The standard InChI is InChI=1S/C11H20N2O4/c1-2-3-7-6-9(7)13-11(17)12-8(4-5-14)10(15)16/h7-9,14H,2-6H2,1H3,(H,15,16)(H2,12,13,17)/t7?,8-,9?/m0/s1. The molecule has 0 heterocycles. The molecular weight excluding hydrogens is 224 g/mol. The molecule has 0 spiro atoms. The Bertz CT molecular complexity index is 283. The van der Waals surface area contributed by atoms with Crippen molar-refractivity contribution >= 4 is 12.0 Å². The fourth-order valence-electron chi connectivity index (χ4n) is 1.87. The van der Waals surface area contributed by atoms with Gasteiger partial charge in [0.15, 0.2) is 0 Å². The molecule has 0 aromatic carbocycles. The Balaban J connectivity index is 2.26. The predicted octanol–water partition coefficient (Wildman–Crippen LogP) is 0.310. The first-order valence-electron chi connectivity index (χ1n) is 5.99. The number of nitrogens with one attached hydrogen (secondary N) is 2. The minimum absolute atomic E-state index is 0.0197. The summed E-state index contributed by atoms with van der Waals surface area (Å²) in [7, 11) is 0. The highest BCUT2D eigenvalue weighted by atomic mass is 16.4. The molecule has 0 aliphatic heterocycles. The van der Waals surface area contributed by atoms with E-state index in [4.69, 9.17) is 10.2 Å². The van der Waals surface area contributed by atoms with E-state index in [2.05, 4.69) is 17.6 Å². The molecule has 98 valence electrons. The zero-order valence-corrected chi connectivity index (χ0v) is 9.98. The maximum Gasteiger partial charge on any atom is 0.326 e. The van der Waals surface area contributed by atoms with Gasteiger partial charge in [0.2, 0.25) is 0 Å². The summed E-state index contributed by atoms with van der Waals surface area (Å²) in [6.07, 6.45) is 3.17. The molecule has 0 aromatic heterocycles. The molecule has 4 N–H and O–H groups in total. The fourth-order valence-corrected chi connectivity index (χ4v) is 1.87. The van der Waals surface area contributed by atoms with Crippen LogP contribution < -0.4 is 10.6 Å². The highest BCUT2D eigenvalue weighted by molar-refractivity contribution is 5.82. The molecule has 0 aromatic rings. The van der Waals surface area contributed by atoms with E-state index in [1.807, 2.05) is 0 Å². The number of carbonyl (C=O) groups is 2. The minimum atomic E-state index is -1.13. The zero-order chi connectivity index (χ0) is 12.8. The van der Waals surface area contributed by atoms with Crippen LogP contribution in [0.1, 0.15) is 32.6 Å². The average Bonchev–Trinajstić information content (AvgIpc) is 2.96. The van der Waals surface area contributed by atoms with Crippen LogP contribution >= 0.6 is 0 Å². The molecule has 0 saturated heterocycles. The van der Waals surface area contributed by atoms with Crippen molar-refractivity contribution in [2.75, 3.05) is 6.61 Å². The molecule has 6 heteroatoms. The van der Waals surface area contributed by atoms with Crippen molar-refractivity contribution in [2.24, 2.45) is 5.92 Å². The lowest BCUT2D eigenvalue weighted by atomic mass is 10.2. The molecule has 1 aliphatic rings. The SMILES string of the molecule is CCCC1CC1NC(=O)N[C@@H](CCO)C(=O)O. The maximum atomic E-state index is 11.5. The summed E-state index contributed by atoms with van der Waals surface area (Å²) in [6.45, 7) is 1.83. The first-order valence-corrected chi connectivity index (χ1v) is 5.99. The second kappa shape index (κ2) is 6.44. The third kappa shape index (κ3) is 4.60. The van der Waals surface area contributed by atoms with Gasteiger partial charge >= 0.3 is 12.0 Å². The van der Waals surface area contributed by atoms with Crippen LogP contribution in [-0.2, 0) is 4.79 Å². The third-order valence-corrected chi connectivity index (χ3v) is 2.92. The second-order valence-corrected chi connectivity index (χ2v) is 4.41. The molecule has 2 unspecified atom stereocenters. The number of rotatable bonds is 7. The molecule has 1 rings (SSSR count). The van der Waals surface area contributed by atoms with Crippen LogP contribution in [-0.4, -0.2) is 40.9 Å². The lowest BCUT2D eigenvalue weighted by molar-refractivity contribution is -0.139. The molecule has 2 amide bonds. The molecule has 1 aliphatic carbocycles. The topological polar surface area (TPSA) is 98.7 Å². The first-order chi connectivity index (χ1) is 8.08. The van der Waals surface area contributed by atoms with E-state index in [1.165, 1.54) is 0 Å². The van der Waals surface area contributed by atoms with Crippen molar-refractivity contribution in [3.63, 3.8) is 0 Å². The van der Waals surface area contributed by atoms with Crippen LogP contribution in [0.25, 0.3) is 0 Å². The lowest BCUT2D eigenvalue weighted by Gasteiger charge is -2.13. The molecule has 1 saturated carbocycles. The summed E-state index contributed by atoms with van der Waals surface area (Å²) in [4.78, 5) is 22.2. The number of aliphatic hydroxyl groups excluding tert-OH is 1. The summed E-state index contributed by atoms with van der Waals surface area (Å²) >= 11 is 0. The van der Waals surface area contributed by atoms with Crippen molar-refractivity contribution < 1.29 is 19.8 Å². The summed E-state index contributed by atoms with van der Waals surface area (Å²) in [5, 5.41) is 22.5. The molecule has 3 atom stereocenters. The lowest BCUT2D eigenvalue weighted by Crippen LogP contribution is -2.47. The largest absolute Gasteiger partial charge is 0.480 e. The number of carboxylic acid groups (broad SMARTS) is 1. The van der Waals surface area contributed by atoms with Crippen LogP contribution in [0.15, 0.2) is 0 Å². The molecule has 6 nitrogen and oxygen atoms in total. The van der Waals surface area contributed by atoms with E-state index < -0.39 is 18.0 Å². The first kappa shape index (κ1) is 13.8. The Hall–Kier alpha value is -1.30. The maximum absolute atomic E-state index is 11.5. The second-order valence-electron chi connectivity index (χ2n) is 4.41. The van der Waals surface area contributed by atoms with Crippen molar-refractivity contribution in [3.05, 3.63) is 0 Å². The smallest absolute Gasteiger partial charge is 0.326 e.